The summed E-state index contributed by atoms with van der Waals surface area (Å²) < 4.78 is 6.21. The van der Waals surface area contributed by atoms with Crippen LogP contribution in [0.2, 0.25) is 0 Å². The largest absolute Gasteiger partial charge is 0.422 e. The number of hydrogen-bond acceptors (Lipinski definition) is 4. The molecule has 0 aliphatic carbocycles. The summed E-state index contributed by atoms with van der Waals surface area (Å²) in [7, 11) is 0. The minimum atomic E-state index is -0.594. The van der Waals surface area contributed by atoms with E-state index < -0.39 is 5.63 Å². The SMILES string of the molecule is O=C(c1cc2cc(Br)ccc2oc1=O)N1CCS[C@@H]1c1ccccc1. The summed E-state index contributed by atoms with van der Waals surface area (Å²) in [6, 6.07) is 16.8. The van der Waals surface area contributed by atoms with Gasteiger partial charge in [0.1, 0.15) is 16.5 Å². The Kier molecular flexibility index (Phi) is 4.39. The van der Waals surface area contributed by atoms with Crippen LogP contribution >= 0.6 is 27.7 Å². The Bertz CT molecular complexity index is 1000. The summed E-state index contributed by atoms with van der Waals surface area (Å²) in [5.74, 6) is 0.560. The third-order valence-electron chi connectivity index (χ3n) is 4.16. The van der Waals surface area contributed by atoms with Crippen LogP contribution in [0, 0.1) is 0 Å². The van der Waals surface area contributed by atoms with Crippen molar-refractivity contribution in [1.29, 1.82) is 0 Å². The van der Waals surface area contributed by atoms with E-state index in [2.05, 4.69) is 15.9 Å². The van der Waals surface area contributed by atoms with E-state index in [9.17, 15) is 9.59 Å². The van der Waals surface area contributed by atoms with Crippen LogP contribution in [0.15, 0.2) is 68.3 Å². The number of carbonyl (C=O) groups excluding carboxylic acids is 1. The van der Waals surface area contributed by atoms with Gasteiger partial charge >= 0.3 is 5.63 Å². The highest BCUT2D eigenvalue weighted by Crippen LogP contribution is 2.38. The Morgan fingerprint density at radius 3 is 2.76 bits per heavy atom. The molecule has 0 spiro atoms. The van der Waals surface area contributed by atoms with Crippen molar-refractivity contribution in [3.63, 3.8) is 0 Å². The van der Waals surface area contributed by atoms with Gasteiger partial charge in [-0.25, -0.2) is 4.79 Å². The smallest absolute Gasteiger partial charge is 0.349 e. The van der Waals surface area contributed by atoms with Gasteiger partial charge in [-0.2, -0.15) is 0 Å². The molecule has 1 atom stereocenters. The molecule has 1 aliphatic heterocycles. The number of halogens is 1. The highest BCUT2D eigenvalue weighted by Gasteiger charge is 2.32. The molecule has 1 amide bonds. The Morgan fingerprint density at radius 1 is 1.16 bits per heavy atom. The Morgan fingerprint density at radius 2 is 1.96 bits per heavy atom. The van der Waals surface area contributed by atoms with E-state index in [1.807, 2.05) is 36.4 Å². The lowest BCUT2D eigenvalue weighted by molar-refractivity contribution is 0.0756. The molecule has 1 aliphatic rings. The predicted octanol–water partition coefficient (Wildman–Crippen LogP) is 4.44. The Hall–Kier alpha value is -2.05. The van der Waals surface area contributed by atoms with Crippen molar-refractivity contribution in [3.8, 4) is 0 Å². The van der Waals surface area contributed by atoms with Crippen LogP contribution < -0.4 is 5.63 Å². The van der Waals surface area contributed by atoms with Crippen LogP contribution in [0.3, 0.4) is 0 Å². The van der Waals surface area contributed by atoms with Crippen LogP contribution in [-0.2, 0) is 0 Å². The summed E-state index contributed by atoms with van der Waals surface area (Å²) in [4.78, 5) is 27.1. The van der Waals surface area contributed by atoms with Crippen molar-refractivity contribution in [2.24, 2.45) is 0 Å². The molecule has 0 unspecified atom stereocenters. The fraction of sp³-hybridized carbons (Fsp3) is 0.158. The van der Waals surface area contributed by atoms with Crippen LogP contribution in [0.4, 0.5) is 0 Å². The van der Waals surface area contributed by atoms with Gasteiger partial charge in [0.25, 0.3) is 5.91 Å². The predicted molar refractivity (Wildman–Crippen MR) is 103 cm³/mol. The molecule has 2 aromatic carbocycles. The molecule has 0 N–H and O–H groups in total. The second-order valence-electron chi connectivity index (χ2n) is 5.76. The molecule has 0 bridgehead atoms. The number of amides is 1. The minimum Gasteiger partial charge on any atom is -0.422 e. The monoisotopic (exact) mass is 415 g/mol. The number of fused-ring (bicyclic) bond motifs is 1. The maximum atomic E-state index is 13.0. The van der Waals surface area contributed by atoms with E-state index in [0.29, 0.717) is 12.1 Å². The maximum absolute atomic E-state index is 13.0. The number of nitrogens with zero attached hydrogens (tertiary/aromatic N) is 1. The van der Waals surface area contributed by atoms with Gasteiger partial charge in [0.05, 0.1) is 0 Å². The Labute approximate surface area is 157 Å². The molecule has 126 valence electrons. The van der Waals surface area contributed by atoms with Gasteiger partial charge in [0, 0.05) is 22.2 Å². The van der Waals surface area contributed by atoms with E-state index in [4.69, 9.17) is 4.42 Å². The van der Waals surface area contributed by atoms with Crippen molar-refractivity contribution in [2.45, 2.75) is 5.37 Å². The fourth-order valence-corrected chi connectivity index (χ4v) is 4.60. The van der Waals surface area contributed by atoms with Crippen molar-refractivity contribution < 1.29 is 9.21 Å². The maximum Gasteiger partial charge on any atom is 0.349 e. The molecule has 25 heavy (non-hydrogen) atoms. The number of thioether (sulfide) groups is 1. The molecule has 6 heteroatoms. The molecular formula is C19H14BrNO3S. The summed E-state index contributed by atoms with van der Waals surface area (Å²) in [6.45, 7) is 0.610. The van der Waals surface area contributed by atoms with Gasteiger partial charge in [-0.15, -0.1) is 11.8 Å². The second kappa shape index (κ2) is 6.69. The lowest BCUT2D eigenvalue weighted by Gasteiger charge is -2.23. The Balaban J connectivity index is 1.74. The number of carbonyl (C=O) groups is 1. The van der Waals surface area contributed by atoms with E-state index in [1.54, 1.807) is 34.9 Å². The standard InChI is InChI=1S/C19H14BrNO3S/c20-14-6-7-16-13(10-14)11-15(19(23)24-16)17(22)21-8-9-25-18(21)12-4-2-1-3-5-12/h1-7,10-11,18H,8-9H2/t18-/m1/s1. The van der Waals surface area contributed by atoms with Crippen molar-refractivity contribution >= 4 is 44.6 Å². The van der Waals surface area contributed by atoms with Crippen LogP contribution in [0.1, 0.15) is 21.3 Å². The number of benzene rings is 2. The van der Waals surface area contributed by atoms with Gasteiger partial charge in [-0.1, -0.05) is 46.3 Å². The molecule has 1 fully saturated rings. The van der Waals surface area contributed by atoms with Crippen molar-refractivity contribution in [1.82, 2.24) is 4.90 Å². The zero-order valence-corrected chi connectivity index (χ0v) is 15.5. The van der Waals surface area contributed by atoms with Crippen LogP contribution in [0.5, 0.6) is 0 Å². The molecule has 1 aromatic heterocycles. The second-order valence-corrected chi connectivity index (χ2v) is 7.87. The summed E-state index contributed by atoms with van der Waals surface area (Å²) >= 11 is 5.10. The third kappa shape index (κ3) is 3.12. The van der Waals surface area contributed by atoms with Crippen LogP contribution in [-0.4, -0.2) is 23.1 Å². The highest BCUT2D eigenvalue weighted by atomic mass is 79.9. The van der Waals surface area contributed by atoms with E-state index in [-0.39, 0.29) is 16.8 Å². The zero-order valence-electron chi connectivity index (χ0n) is 13.1. The van der Waals surface area contributed by atoms with E-state index in [1.165, 1.54) is 0 Å². The fourth-order valence-electron chi connectivity index (χ4n) is 2.97. The van der Waals surface area contributed by atoms with Gasteiger partial charge < -0.3 is 9.32 Å². The van der Waals surface area contributed by atoms with Gasteiger partial charge in [-0.05, 0) is 29.8 Å². The van der Waals surface area contributed by atoms with Gasteiger partial charge in [0.2, 0.25) is 0 Å². The first-order valence-corrected chi connectivity index (χ1v) is 9.68. The molecule has 2 heterocycles. The number of hydrogen-bond donors (Lipinski definition) is 0. The summed E-state index contributed by atoms with van der Waals surface area (Å²) in [5, 5.41) is 0.645. The minimum absolute atomic E-state index is 0.0775. The quantitative estimate of drug-likeness (QED) is 0.580. The topological polar surface area (TPSA) is 50.5 Å². The first-order chi connectivity index (χ1) is 12.1. The molecular weight excluding hydrogens is 402 g/mol. The summed E-state index contributed by atoms with van der Waals surface area (Å²) in [6.07, 6.45) is 0. The highest BCUT2D eigenvalue weighted by molar-refractivity contribution is 9.10. The molecule has 1 saturated heterocycles. The molecule has 4 rings (SSSR count). The molecule has 0 saturated carbocycles. The first kappa shape index (κ1) is 16.4. The lowest BCUT2D eigenvalue weighted by Crippen LogP contribution is -2.33. The van der Waals surface area contributed by atoms with Crippen molar-refractivity contribution in [2.75, 3.05) is 12.3 Å². The normalized spacial score (nSPS) is 17.2. The van der Waals surface area contributed by atoms with E-state index in [0.717, 1.165) is 21.2 Å². The summed E-state index contributed by atoms with van der Waals surface area (Å²) in [5.41, 5.74) is 1.02. The zero-order chi connectivity index (χ0) is 17.4. The average Bonchev–Trinajstić information content (AvgIpc) is 3.11. The van der Waals surface area contributed by atoms with Crippen molar-refractivity contribution in [3.05, 3.63) is 80.6 Å². The molecule has 0 radical (unpaired) electrons. The third-order valence-corrected chi connectivity index (χ3v) is 5.92. The lowest BCUT2D eigenvalue weighted by atomic mass is 10.1. The van der Waals surface area contributed by atoms with Gasteiger partial charge in [0.15, 0.2) is 0 Å². The van der Waals surface area contributed by atoms with Gasteiger partial charge in [-0.3, -0.25) is 4.79 Å². The molecule has 4 nitrogen and oxygen atoms in total. The van der Waals surface area contributed by atoms with E-state index >= 15 is 0 Å². The molecule has 3 aromatic rings. The average molecular weight is 416 g/mol. The first-order valence-electron chi connectivity index (χ1n) is 7.84. The number of rotatable bonds is 2. The van der Waals surface area contributed by atoms with Crippen LogP contribution in [0.25, 0.3) is 11.0 Å².